The van der Waals surface area contributed by atoms with Gasteiger partial charge in [0.05, 0.1) is 0 Å². The molecule has 0 aliphatic rings. The van der Waals surface area contributed by atoms with Crippen molar-refractivity contribution >= 4 is 17.0 Å². The maximum Gasteiger partial charge on any atom is 0.224 e. The Morgan fingerprint density at radius 3 is 2.65 bits per heavy atom. The molecule has 0 fully saturated rings. The van der Waals surface area contributed by atoms with Crippen LogP contribution in [0.5, 0.6) is 0 Å². The molecule has 0 saturated carbocycles. The van der Waals surface area contributed by atoms with Gasteiger partial charge < -0.3 is 9.88 Å². The van der Waals surface area contributed by atoms with Crippen molar-refractivity contribution in [3.8, 4) is 11.1 Å². The predicted molar refractivity (Wildman–Crippen MR) is 98.9 cm³/mol. The number of aromatic nitrogens is 3. The fourth-order valence-corrected chi connectivity index (χ4v) is 2.73. The first-order chi connectivity index (χ1) is 11.2. The topological polar surface area (TPSA) is 42.7 Å². The second-order valence-electron chi connectivity index (χ2n) is 5.91. The summed E-state index contributed by atoms with van der Waals surface area (Å²) in [4.78, 5) is 9.22. The molecule has 0 aliphatic carbocycles. The first-order valence-electron chi connectivity index (χ1n) is 8.39. The molecule has 2 heterocycles. The molecule has 0 radical (unpaired) electrons. The van der Waals surface area contributed by atoms with Gasteiger partial charge in [-0.1, -0.05) is 43.2 Å². The van der Waals surface area contributed by atoms with E-state index in [9.17, 15) is 0 Å². The number of nitrogens with one attached hydrogen (secondary N) is 1. The molecule has 0 amide bonds. The van der Waals surface area contributed by atoms with Gasteiger partial charge >= 0.3 is 0 Å². The fraction of sp³-hybridized carbons (Fsp3) is 0.368. The zero-order valence-corrected chi connectivity index (χ0v) is 14.1. The Morgan fingerprint density at radius 2 is 1.96 bits per heavy atom. The van der Waals surface area contributed by atoms with Crippen LogP contribution < -0.4 is 5.32 Å². The molecule has 0 unspecified atom stereocenters. The van der Waals surface area contributed by atoms with Gasteiger partial charge in [0.2, 0.25) is 5.95 Å². The standard InChI is InChI=1S/C19H24N4.H2/c1-4-6-11-20-19-21-12-16-17(13-23(5-2)18(16)22-19)15-9-7-14(3)8-10-15;/h7-10,12-13H,4-6,11H2,1-3H3,(H,20,21,22);1H. The van der Waals surface area contributed by atoms with Gasteiger partial charge in [-0.3, -0.25) is 0 Å². The Balaban J connectivity index is 0.00000208. The van der Waals surface area contributed by atoms with Crippen molar-refractivity contribution in [3.05, 3.63) is 42.2 Å². The maximum atomic E-state index is 4.72. The largest absolute Gasteiger partial charge is 0.354 e. The number of hydrogen-bond acceptors (Lipinski definition) is 3. The van der Waals surface area contributed by atoms with Crippen molar-refractivity contribution in [1.29, 1.82) is 0 Å². The number of benzene rings is 1. The molecule has 4 nitrogen and oxygen atoms in total. The van der Waals surface area contributed by atoms with E-state index in [2.05, 4.69) is 66.1 Å². The minimum absolute atomic E-state index is 0. The first-order valence-corrected chi connectivity index (χ1v) is 8.39. The zero-order chi connectivity index (χ0) is 16.2. The Kier molecular flexibility index (Phi) is 4.60. The molecule has 0 atom stereocenters. The van der Waals surface area contributed by atoms with Crippen LogP contribution >= 0.6 is 0 Å². The normalized spacial score (nSPS) is 11.1. The van der Waals surface area contributed by atoms with E-state index >= 15 is 0 Å². The van der Waals surface area contributed by atoms with Gasteiger partial charge in [-0.05, 0) is 25.8 Å². The van der Waals surface area contributed by atoms with Crippen molar-refractivity contribution in [1.82, 2.24) is 14.5 Å². The lowest BCUT2D eigenvalue weighted by Gasteiger charge is -2.05. The smallest absolute Gasteiger partial charge is 0.224 e. The van der Waals surface area contributed by atoms with Crippen LogP contribution in [-0.4, -0.2) is 21.1 Å². The van der Waals surface area contributed by atoms with Crippen molar-refractivity contribution in [2.24, 2.45) is 0 Å². The molecule has 1 aromatic carbocycles. The summed E-state index contributed by atoms with van der Waals surface area (Å²) in [5, 5.41) is 4.42. The molecule has 3 rings (SSSR count). The third kappa shape index (κ3) is 3.21. The fourth-order valence-electron chi connectivity index (χ4n) is 2.73. The summed E-state index contributed by atoms with van der Waals surface area (Å²) in [7, 11) is 0. The van der Waals surface area contributed by atoms with Crippen LogP contribution in [0.4, 0.5) is 5.95 Å². The zero-order valence-electron chi connectivity index (χ0n) is 14.1. The number of anilines is 1. The number of hydrogen-bond donors (Lipinski definition) is 1. The number of aryl methyl sites for hydroxylation is 2. The summed E-state index contributed by atoms with van der Waals surface area (Å²) in [6.45, 7) is 8.25. The lowest BCUT2D eigenvalue weighted by atomic mass is 10.1. The average Bonchev–Trinajstić information content (AvgIpc) is 2.94. The highest BCUT2D eigenvalue weighted by Gasteiger charge is 2.12. The van der Waals surface area contributed by atoms with Gasteiger partial charge in [0.15, 0.2) is 0 Å². The highest BCUT2D eigenvalue weighted by molar-refractivity contribution is 5.94. The van der Waals surface area contributed by atoms with E-state index in [1.165, 1.54) is 16.7 Å². The van der Waals surface area contributed by atoms with Gasteiger partial charge in [-0.2, -0.15) is 4.98 Å². The molecule has 4 heteroatoms. The van der Waals surface area contributed by atoms with E-state index < -0.39 is 0 Å². The summed E-state index contributed by atoms with van der Waals surface area (Å²) in [6, 6.07) is 8.62. The highest BCUT2D eigenvalue weighted by Crippen LogP contribution is 2.30. The Morgan fingerprint density at radius 1 is 1.17 bits per heavy atom. The monoisotopic (exact) mass is 310 g/mol. The molecule has 0 aliphatic heterocycles. The summed E-state index contributed by atoms with van der Waals surface area (Å²) < 4.78 is 2.19. The quantitative estimate of drug-likeness (QED) is 0.659. The van der Waals surface area contributed by atoms with E-state index in [0.717, 1.165) is 37.0 Å². The maximum absolute atomic E-state index is 4.72. The third-order valence-electron chi connectivity index (χ3n) is 4.13. The van der Waals surface area contributed by atoms with Crippen LogP contribution in [0.15, 0.2) is 36.7 Å². The molecule has 0 bridgehead atoms. The van der Waals surface area contributed by atoms with Crippen molar-refractivity contribution in [2.75, 3.05) is 11.9 Å². The van der Waals surface area contributed by atoms with E-state index in [1.54, 1.807) is 0 Å². The average molecular weight is 310 g/mol. The lowest BCUT2D eigenvalue weighted by Crippen LogP contribution is -2.05. The highest BCUT2D eigenvalue weighted by atomic mass is 15.1. The van der Waals surface area contributed by atoms with Crippen molar-refractivity contribution in [2.45, 2.75) is 40.2 Å². The van der Waals surface area contributed by atoms with Gasteiger partial charge in [0, 0.05) is 37.9 Å². The first kappa shape index (κ1) is 15.5. The van der Waals surface area contributed by atoms with Gasteiger partial charge in [-0.15, -0.1) is 0 Å². The number of fused-ring (bicyclic) bond motifs is 1. The minimum atomic E-state index is 0. The molecule has 3 aromatic rings. The van der Waals surface area contributed by atoms with Crippen LogP contribution in [0, 0.1) is 6.92 Å². The van der Waals surface area contributed by atoms with Crippen LogP contribution in [0.1, 0.15) is 33.7 Å². The number of nitrogens with zero attached hydrogens (tertiary/aromatic N) is 3. The summed E-state index contributed by atoms with van der Waals surface area (Å²) in [5.74, 6) is 0.717. The molecule has 2 aromatic heterocycles. The van der Waals surface area contributed by atoms with Crippen molar-refractivity contribution < 1.29 is 1.43 Å². The second-order valence-corrected chi connectivity index (χ2v) is 5.91. The molecule has 0 saturated heterocycles. The number of rotatable bonds is 6. The molecular weight excluding hydrogens is 284 g/mol. The second kappa shape index (κ2) is 6.82. The van der Waals surface area contributed by atoms with E-state index in [-0.39, 0.29) is 1.43 Å². The van der Waals surface area contributed by atoms with Gasteiger partial charge in [0.1, 0.15) is 5.65 Å². The minimum Gasteiger partial charge on any atom is -0.354 e. The molecule has 122 valence electrons. The molecule has 1 N–H and O–H groups in total. The summed E-state index contributed by atoms with van der Waals surface area (Å²) in [6.07, 6.45) is 6.42. The number of unbranched alkanes of at least 4 members (excludes halogenated alkanes) is 1. The van der Waals surface area contributed by atoms with E-state index in [0.29, 0.717) is 5.95 Å². The van der Waals surface area contributed by atoms with Crippen molar-refractivity contribution in [3.63, 3.8) is 0 Å². The van der Waals surface area contributed by atoms with E-state index in [1.807, 2.05) is 6.20 Å². The third-order valence-corrected chi connectivity index (χ3v) is 4.13. The SMILES string of the molecule is CCCCNc1ncc2c(-c3ccc(C)cc3)cn(CC)c2n1.[HH]. The molecule has 23 heavy (non-hydrogen) atoms. The molecular formula is C19H26N4. The van der Waals surface area contributed by atoms with Crippen LogP contribution in [0.3, 0.4) is 0 Å². The summed E-state index contributed by atoms with van der Waals surface area (Å²) in [5.41, 5.74) is 4.67. The Hall–Kier alpha value is -2.36. The molecule has 0 spiro atoms. The van der Waals surface area contributed by atoms with Gasteiger partial charge in [-0.25, -0.2) is 4.98 Å². The Labute approximate surface area is 139 Å². The lowest BCUT2D eigenvalue weighted by molar-refractivity contribution is 0.785. The summed E-state index contributed by atoms with van der Waals surface area (Å²) >= 11 is 0. The predicted octanol–water partition coefficient (Wildman–Crippen LogP) is 4.88. The van der Waals surface area contributed by atoms with Gasteiger partial charge in [0.25, 0.3) is 0 Å². The van der Waals surface area contributed by atoms with Crippen LogP contribution in [0.2, 0.25) is 0 Å². The van der Waals surface area contributed by atoms with Crippen LogP contribution in [0.25, 0.3) is 22.2 Å². The van der Waals surface area contributed by atoms with Crippen LogP contribution in [-0.2, 0) is 6.54 Å². The van der Waals surface area contributed by atoms with E-state index in [4.69, 9.17) is 4.98 Å². The Bertz CT molecular complexity index is 793.